The number of ketones is 1. The molecule has 0 aliphatic carbocycles. The maximum Gasteiger partial charge on any atom is 0.316 e. The van der Waals surface area contributed by atoms with E-state index < -0.39 is 11.9 Å². The number of ether oxygens (including phenoxy) is 1. The molecule has 0 bridgehead atoms. The summed E-state index contributed by atoms with van der Waals surface area (Å²) in [6, 6.07) is 0. The second-order valence-electron chi connectivity index (χ2n) is 2.85. The van der Waals surface area contributed by atoms with Crippen molar-refractivity contribution >= 4 is 11.8 Å². The zero-order chi connectivity index (χ0) is 10.3. The van der Waals surface area contributed by atoms with Crippen LogP contribution in [0.1, 0.15) is 26.7 Å². The summed E-state index contributed by atoms with van der Waals surface area (Å²) in [7, 11) is 0. The molecule has 0 aromatic heterocycles. The average Bonchev–Trinajstić information content (AvgIpc) is 2.15. The fourth-order valence-electron chi connectivity index (χ4n) is 0.735. The third kappa shape index (κ3) is 4.45. The van der Waals surface area contributed by atoms with Crippen molar-refractivity contribution in [3.05, 3.63) is 12.7 Å². The van der Waals surface area contributed by atoms with E-state index >= 15 is 0 Å². The van der Waals surface area contributed by atoms with E-state index in [9.17, 15) is 9.59 Å². The first-order valence-electron chi connectivity index (χ1n) is 4.46. The molecular formula is C10H16O3. The molecule has 74 valence electrons. The number of carbonyl (C=O) groups is 2. The van der Waals surface area contributed by atoms with Crippen molar-refractivity contribution in [2.24, 2.45) is 5.92 Å². The Morgan fingerprint density at radius 1 is 1.54 bits per heavy atom. The number of carbonyl (C=O) groups excluding carboxylic acids is 2. The van der Waals surface area contributed by atoms with Gasteiger partial charge in [0.2, 0.25) is 0 Å². The number of allylic oxidation sites excluding steroid dienone is 1. The minimum atomic E-state index is -0.714. The van der Waals surface area contributed by atoms with Crippen LogP contribution in [0.2, 0.25) is 0 Å². The van der Waals surface area contributed by atoms with E-state index in [1.165, 1.54) is 6.92 Å². The fraction of sp³-hybridized carbons (Fsp3) is 0.600. The lowest BCUT2D eigenvalue weighted by atomic mass is 10.1. The van der Waals surface area contributed by atoms with Crippen LogP contribution in [0, 0.1) is 5.92 Å². The molecule has 13 heavy (non-hydrogen) atoms. The van der Waals surface area contributed by atoms with E-state index in [2.05, 4.69) is 6.58 Å². The lowest BCUT2D eigenvalue weighted by Gasteiger charge is -2.07. The largest absolute Gasteiger partial charge is 0.465 e. The highest BCUT2D eigenvalue weighted by molar-refractivity contribution is 6.04. The first-order chi connectivity index (χ1) is 6.13. The van der Waals surface area contributed by atoms with E-state index in [0.717, 1.165) is 18.9 Å². The van der Waals surface area contributed by atoms with Crippen LogP contribution in [0.4, 0.5) is 0 Å². The van der Waals surface area contributed by atoms with Gasteiger partial charge < -0.3 is 4.74 Å². The van der Waals surface area contributed by atoms with E-state index in [1.807, 2.05) is 6.92 Å². The summed E-state index contributed by atoms with van der Waals surface area (Å²) in [4.78, 5) is 22.1. The first-order valence-corrected chi connectivity index (χ1v) is 4.46. The lowest BCUT2D eigenvalue weighted by Crippen LogP contribution is -2.22. The molecule has 1 atom stereocenters. The monoisotopic (exact) mass is 184 g/mol. The van der Waals surface area contributed by atoms with Gasteiger partial charge in [-0.2, -0.15) is 0 Å². The Labute approximate surface area is 78.8 Å². The SMILES string of the molecule is C=CC(=O)C(C)C(=O)OCCCC. The molecule has 0 saturated carbocycles. The predicted octanol–water partition coefficient (Wildman–Crippen LogP) is 1.72. The number of unbranched alkanes of at least 4 members (excludes halogenated alkanes) is 1. The summed E-state index contributed by atoms with van der Waals surface area (Å²) >= 11 is 0. The van der Waals surface area contributed by atoms with Crippen LogP contribution in [0.25, 0.3) is 0 Å². The Hall–Kier alpha value is -1.12. The molecule has 0 aromatic rings. The van der Waals surface area contributed by atoms with Crippen molar-refractivity contribution in [2.45, 2.75) is 26.7 Å². The fourth-order valence-corrected chi connectivity index (χ4v) is 0.735. The summed E-state index contributed by atoms with van der Waals surface area (Å²) in [6.45, 7) is 7.23. The highest BCUT2D eigenvalue weighted by atomic mass is 16.5. The van der Waals surface area contributed by atoms with Crippen LogP contribution in [0.15, 0.2) is 12.7 Å². The summed E-state index contributed by atoms with van der Waals surface area (Å²) in [5.74, 6) is -1.46. The normalized spacial score (nSPS) is 11.8. The Morgan fingerprint density at radius 3 is 2.62 bits per heavy atom. The van der Waals surface area contributed by atoms with Crippen LogP contribution in [-0.2, 0) is 14.3 Å². The molecular weight excluding hydrogens is 168 g/mol. The summed E-state index contributed by atoms with van der Waals surface area (Å²) < 4.78 is 4.86. The third-order valence-corrected chi connectivity index (χ3v) is 1.72. The molecule has 0 radical (unpaired) electrons. The van der Waals surface area contributed by atoms with Crippen LogP contribution in [0.5, 0.6) is 0 Å². The van der Waals surface area contributed by atoms with Gasteiger partial charge in [-0.3, -0.25) is 9.59 Å². The van der Waals surface area contributed by atoms with Gasteiger partial charge in [0.15, 0.2) is 5.78 Å². The summed E-state index contributed by atoms with van der Waals surface area (Å²) in [5, 5.41) is 0. The van der Waals surface area contributed by atoms with E-state index in [1.54, 1.807) is 0 Å². The second kappa shape index (κ2) is 6.40. The minimum absolute atomic E-state index is 0.290. The average molecular weight is 184 g/mol. The zero-order valence-electron chi connectivity index (χ0n) is 8.21. The third-order valence-electron chi connectivity index (χ3n) is 1.72. The van der Waals surface area contributed by atoms with E-state index in [-0.39, 0.29) is 5.78 Å². The first kappa shape index (κ1) is 11.9. The summed E-state index contributed by atoms with van der Waals surface area (Å²) in [6.07, 6.45) is 2.95. The quantitative estimate of drug-likeness (QED) is 0.273. The van der Waals surface area contributed by atoms with Gasteiger partial charge in [0.1, 0.15) is 5.92 Å². The Morgan fingerprint density at radius 2 is 2.15 bits per heavy atom. The number of hydrogen-bond acceptors (Lipinski definition) is 3. The smallest absolute Gasteiger partial charge is 0.316 e. The van der Waals surface area contributed by atoms with Crippen molar-refractivity contribution in [3.63, 3.8) is 0 Å². The molecule has 0 N–H and O–H groups in total. The molecule has 0 fully saturated rings. The number of esters is 1. The molecule has 3 nitrogen and oxygen atoms in total. The van der Waals surface area contributed by atoms with Gasteiger partial charge >= 0.3 is 5.97 Å². The Bertz CT molecular complexity index is 196. The van der Waals surface area contributed by atoms with Gasteiger partial charge in [0.05, 0.1) is 6.61 Å². The highest BCUT2D eigenvalue weighted by Gasteiger charge is 2.19. The minimum Gasteiger partial charge on any atom is -0.465 e. The molecule has 0 amide bonds. The second-order valence-corrected chi connectivity index (χ2v) is 2.85. The molecule has 0 spiro atoms. The van der Waals surface area contributed by atoms with Crippen molar-refractivity contribution in [1.82, 2.24) is 0 Å². The van der Waals surface area contributed by atoms with Gasteiger partial charge in [-0.05, 0) is 19.4 Å². The van der Waals surface area contributed by atoms with Crippen LogP contribution in [0.3, 0.4) is 0 Å². The van der Waals surface area contributed by atoms with Crippen LogP contribution >= 0.6 is 0 Å². The van der Waals surface area contributed by atoms with Gasteiger partial charge in [0, 0.05) is 0 Å². The molecule has 1 unspecified atom stereocenters. The molecule has 0 saturated heterocycles. The highest BCUT2D eigenvalue weighted by Crippen LogP contribution is 2.02. The number of rotatable bonds is 6. The molecule has 0 heterocycles. The van der Waals surface area contributed by atoms with E-state index in [0.29, 0.717) is 6.61 Å². The van der Waals surface area contributed by atoms with Crippen molar-refractivity contribution in [1.29, 1.82) is 0 Å². The van der Waals surface area contributed by atoms with Gasteiger partial charge in [-0.15, -0.1) is 0 Å². The van der Waals surface area contributed by atoms with Crippen LogP contribution < -0.4 is 0 Å². The van der Waals surface area contributed by atoms with Gasteiger partial charge in [-0.1, -0.05) is 19.9 Å². The Balaban J connectivity index is 3.82. The summed E-state index contributed by atoms with van der Waals surface area (Å²) in [5.41, 5.74) is 0. The Kier molecular flexibility index (Phi) is 5.85. The molecule has 0 rings (SSSR count). The maximum absolute atomic E-state index is 11.1. The number of hydrogen-bond donors (Lipinski definition) is 0. The predicted molar refractivity (Wildman–Crippen MR) is 50.2 cm³/mol. The van der Waals surface area contributed by atoms with Crippen molar-refractivity contribution < 1.29 is 14.3 Å². The molecule has 0 aliphatic rings. The van der Waals surface area contributed by atoms with Gasteiger partial charge in [0.25, 0.3) is 0 Å². The van der Waals surface area contributed by atoms with Crippen molar-refractivity contribution in [3.8, 4) is 0 Å². The standard InChI is InChI=1S/C10H16O3/c1-4-6-7-13-10(12)8(3)9(11)5-2/h5,8H,2,4,6-7H2,1,3H3. The van der Waals surface area contributed by atoms with Gasteiger partial charge in [-0.25, -0.2) is 0 Å². The van der Waals surface area contributed by atoms with Crippen molar-refractivity contribution in [2.75, 3.05) is 6.61 Å². The molecule has 0 aliphatic heterocycles. The topological polar surface area (TPSA) is 43.4 Å². The lowest BCUT2D eigenvalue weighted by molar-refractivity contribution is -0.150. The zero-order valence-corrected chi connectivity index (χ0v) is 8.21. The van der Waals surface area contributed by atoms with E-state index in [4.69, 9.17) is 4.74 Å². The molecule has 3 heteroatoms. The van der Waals surface area contributed by atoms with Crippen LogP contribution in [-0.4, -0.2) is 18.4 Å². The maximum atomic E-state index is 11.1. The molecule has 0 aromatic carbocycles.